The zero-order valence-electron chi connectivity index (χ0n) is 11.2. The van der Waals surface area contributed by atoms with Crippen molar-refractivity contribution in [2.45, 2.75) is 6.42 Å². The molecule has 2 heterocycles. The number of nitrogens with one attached hydrogen (secondary N) is 1. The van der Waals surface area contributed by atoms with Crippen LogP contribution in [0.25, 0.3) is 11.5 Å². The third-order valence-electron chi connectivity index (χ3n) is 2.96. The zero-order chi connectivity index (χ0) is 13.8. The average Bonchev–Trinajstić information content (AvgIpc) is 3.09. The van der Waals surface area contributed by atoms with Gasteiger partial charge in [-0.1, -0.05) is 23.4 Å². The lowest BCUT2D eigenvalue weighted by Gasteiger charge is -2.02. The summed E-state index contributed by atoms with van der Waals surface area (Å²) in [6.07, 6.45) is 4.11. The predicted octanol–water partition coefficient (Wildman–Crippen LogP) is 2.12. The SMILES string of the molecule is Cn1cncc1-c1noc(CCNc2ccccc2)n1. The minimum atomic E-state index is 0.569. The third-order valence-corrected chi connectivity index (χ3v) is 2.96. The molecule has 0 bridgehead atoms. The summed E-state index contributed by atoms with van der Waals surface area (Å²) >= 11 is 0. The highest BCUT2D eigenvalue weighted by molar-refractivity contribution is 5.47. The Morgan fingerprint density at radius 1 is 1.25 bits per heavy atom. The number of imidazole rings is 1. The van der Waals surface area contributed by atoms with Gasteiger partial charge in [0.2, 0.25) is 11.7 Å². The van der Waals surface area contributed by atoms with E-state index >= 15 is 0 Å². The lowest BCUT2D eigenvalue weighted by Crippen LogP contribution is -2.04. The van der Waals surface area contributed by atoms with Crippen molar-refractivity contribution < 1.29 is 4.52 Å². The van der Waals surface area contributed by atoms with E-state index in [1.807, 2.05) is 41.9 Å². The van der Waals surface area contributed by atoms with Crippen LogP contribution in [0.15, 0.2) is 47.4 Å². The Bertz CT molecular complexity index is 674. The van der Waals surface area contributed by atoms with E-state index in [2.05, 4.69) is 20.4 Å². The molecule has 0 unspecified atom stereocenters. The summed E-state index contributed by atoms with van der Waals surface area (Å²) in [6, 6.07) is 10.0. The van der Waals surface area contributed by atoms with E-state index in [9.17, 15) is 0 Å². The Morgan fingerprint density at radius 3 is 2.85 bits per heavy atom. The van der Waals surface area contributed by atoms with Gasteiger partial charge in [-0.05, 0) is 12.1 Å². The van der Waals surface area contributed by atoms with Crippen LogP contribution in [0.3, 0.4) is 0 Å². The number of rotatable bonds is 5. The Hall–Kier alpha value is -2.63. The van der Waals surface area contributed by atoms with Gasteiger partial charge in [0.1, 0.15) is 5.69 Å². The number of hydrogen-bond acceptors (Lipinski definition) is 5. The molecule has 0 aliphatic carbocycles. The van der Waals surface area contributed by atoms with Crippen LogP contribution in [-0.4, -0.2) is 26.2 Å². The third kappa shape index (κ3) is 2.69. The van der Waals surface area contributed by atoms with Gasteiger partial charge in [-0.25, -0.2) is 4.98 Å². The lowest BCUT2D eigenvalue weighted by molar-refractivity contribution is 0.381. The smallest absolute Gasteiger partial charge is 0.228 e. The molecule has 0 radical (unpaired) electrons. The fourth-order valence-corrected chi connectivity index (χ4v) is 1.90. The van der Waals surface area contributed by atoms with E-state index in [-0.39, 0.29) is 0 Å². The van der Waals surface area contributed by atoms with Crippen molar-refractivity contribution in [3.05, 3.63) is 48.7 Å². The van der Waals surface area contributed by atoms with E-state index in [1.54, 1.807) is 12.5 Å². The molecule has 6 heteroatoms. The molecule has 1 aromatic carbocycles. The fourth-order valence-electron chi connectivity index (χ4n) is 1.90. The van der Waals surface area contributed by atoms with Gasteiger partial charge < -0.3 is 14.4 Å². The molecule has 3 rings (SSSR count). The molecule has 1 N–H and O–H groups in total. The second-order valence-electron chi connectivity index (χ2n) is 4.44. The number of anilines is 1. The Labute approximate surface area is 116 Å². The molecule has 0 amide bonds. The topological polar surface area (TPSA) is 68.8 Å². The van der Waals surface area contributed by atoms with Crippen LogP contribution in [0.2, 0.25) is 0 Å². The minimum absolute atomic E-state index is 0.569. The van der Waals surface area contributed by atoms with Gasteiger partial charge in [-0.2, -0.15) is 4.98 Å². The second-order valence-corrected chi connectivity index (χ2v) is 4.44. The van der Waals surface area contributed by atoms with Crippen LogP contribution < -0.4 is 5.32 Å². The molecule has 0 saturated carbocycles. The normalized spacial score (nSPS) is 10.7. The molecule has 102 valence electrons. The first-order valence-electron chi connectivity index (χ1n) is 6.41. The molecule has 0 spiro atoms. The van der Waals surface area contributed by atoms with Crippen LogP contribution in [0.1, 0.15) is 5.89 Å². The van der Waals surface area contributed by atoms with Crippen molar-refractivity contribution in [3.63, 3.8) is 0 Å². The summed E-state index contributed by atoms with van der Waals surface area (Å²) in [6.45, 7) is 0.747. The highest BCUT2D eigenvalue weighted by Crippen LogP contribution is 2.14. The summed E-state index contributed by atoms with van der Waals surface area (Å²) in [4.78, 5) is 8.40. The van der Waals surface area contributed by atoms with Crippen LogP contribution in [0.5, 0.6) is 0 Å². The number of aryl methyl sites for hydroxylation is 1. The Morgan fingerprint density at radius 2 is 2.10 bits per heavy atom. The fraction of sp³-hybridized carbons (Fsp3) is 0.214. The maximum absolute atomic E-state index is 5.24. The van der Waals surface area contributed by atoms with E-state index in [1.165, 1.54) is 0 Å². The summed E-state index contributed by atoms with van der Waals surface area (Å²) in [7, 11) is 1.90. The number of nitrogens with zero attached hydrogens (tertiary/aromatic N) is 4. The van der Waals surface area contributed by atoms with Crippen LogP contribution in [0, 0.1) is 0 Å². The number of para-hydroxylation sites is 1. The van der Waals surface area contributed by atoms with Gasteiger partial charge in [0.15, 0.2) is 0 Å². The summed E-state index contributed by atoms with van der Waals surface area (Å²) in [5, 5.41) is 7.27. The molecule has 2 aromatic heterocycles. The highest BCUT2D eigenvalue weighted by Gasteiger charge is 2.11. The average molecular weight is 269 g/mol. The quantitative estimate of drug-likeness (QED) is 0.768. The van der Waals surface area contributed by atoms with Crippen molar-refractivity contribution >= 4 is 5.69 Å². The first-order chi connectivity index (χ1) is 9.83. The molecular formula is C14H15N5O. The number of benzene rings is 1. The lowest BCUT2D eigenvalue weighted by atomic mass is 10.3. The van der Waals surface area contributed by atoms with Gasteiger partial charge >= 0.3 is 0 Å². The molecule has 0 atom stereocenters. The monoisotopic (exact) mass is 269 g/mol. The van der Waals surface area contributed by atoms with Crippen LogP contribution in [-0.2, 0) is 13.5 Å². The van der Waals surface area contributed by atoms with Crippen molar-refractivity contribution in [3.8, 4) is 11.5 Å². The standard InChI is InChI=1S/C14H15N5O/c1-19-10-15-9-12(19)14-17-13(20-18-14)7-8-16-11-5-3-2-4-6-11/h2-6,9-10,16H,7-8H2,1H3. The summed E-state index contributed by atoms with van der Waals surface area (Å²) < 4.78 is 7.10. The van der Waals surface area contributed by atoms with Gasteiger partial charge in [-0.15, -0.1) is 0 Å². The van der Waals surface area contributed by atoms with Gasteiger partial charge in [0, 0.05) is 25.7 Å². The molecule has 0 saturated heterocycles. The molecular weight excluding hydrogens is 254 g/mol. The highest BCUT2D eigenvalue weighted by atomic mass is 16.5. The van der Waals surface area contributed by atoms with Crippen LogP contribution in [0.4, 0.5) is 5.69 Å². The molecule has 0 fully saturated rings. The first-order valence-corrected chi connectivity index (χ1v) is 6.41. The maximum atomic E-state index is 5.24. The molecule has 0 aliphatic heterocycles. The van der Waals surface area contributed by atoms with E-state index in [0.717, 1.165) is 17.9 Å². The predicted molar refractivity (Wildman–Crippen MR) is 75.1 cm³/mol. The largest absolute Gasteiger partial charge is 0.385 e. The van der Waals surface area contributed by atoms with Crippen molar-refractivity contribution in [1.82, 2.24) is 19.7 Å². The molecule has 6 nitrogen and oxygen atoms in total. The van der Waals surface area contributed by atoms with E-state index in [0.29, 0.717) is 18.1 Å². The molecule has 0 aliphatic rings. The van der Waals surface area contributed by atoms with Crippen molar-refractivity contribution in [2.24, 2.45) is 7.05 Å². The summed E-state index contributed by atoms with van der Waals surface area (Å²) in [5.41, 5.74) is 1.93. The van der Waals surface area contributed by atoms with E-state index < -0.39 is 0 Å². The second kappa shape index (κ2) is 5.56. The zero-order valence-corrected chi connectivity index (χ0v) is 11.2. The van der Waals surface area contributed by atoms with Crippen molar-refractivity contribution in [2.75, 3.05) is 11.9 Å². The van der Waals surface area contributed by atoms with Gasteiger partial charge in [0.05, 0.1) is 12.5 Å². The van der Waals surface area contributed by atoms with Gasteiger partial charge in [-0.3, -0.25) is 0 Å². The molecule has 3 aromatic rings. The summed E-state index contributed by atoms with van der Waals surface area (Å²) in [5.74, 6) is 1.18. The number of hydrogen-bond donors (Lipinski definition) is 1. The maximum Gasteiger partial charge on any atom is 0.228 e. The first kappa shape index (κ1) is 12.4. The van der Waals surface area contributed by atoms with Gasteiger partial charge in [0.25, 0.3) is 0 Å². The Kier molecular flexibility index (Phi) is 3.45. The minimum Gasteiger partial charge on any atom is -0.385 e. The van der Waals surface area contributed by atoms with Crippen LogP contribution >= 0.6 is 0 Å². The number of aromatic nitrogens is 4. The molecule has 20 heavy (non-hydrogen) atoms. The van der Waals surface area contributed by atoms with E-state index in [4.69, 9.17) is 4.52 Å². The van der Waals surface area contributed by atoms with Crippen molar-refractivity contribution in [1.29, 1.82) is 0 Å². The Balaban J connectivity index is 1.59.